The third kappa shape index (κ3) is 3.87. The summed E-state index contributed by atoms with van der Waals surface area (Å²) >= 11 is 0. The van der Waals surface area contributed by atoms with Crippen LogP contribution in [0.5, 0.6) is 0 Å². The smallest absolute Gasteiger partial charge is 0.113 e. The van der Waals surface area contributed by atoms with Crippen molar-refractivity contribution in [3.05, 3.63) is 36.8 Å². The van der Waals surface area contributed by atoms with Gasteiger partial charge in [0.25, 0.3) is 0 Å². The largest absolute Gasteiger partial charge is 0.249 e. The van der Waals surface area contributed by atoms with Crippen molar-refractivity contribution in [3.8, 4) is 33.8 Å². The molecular formula is C21H27N9. The second kappa shape index (κ2) is 7.81. The van der Waals surface area contributed by atoms with Crippen molar-refractivity contribution in [3.63, 3.8) is 0 Å². The van der Waals surface area contributed by atoms with E-state index in [4.69, 9.17) is 0 Å². The monoisotopic (exact) mass is 405 g/mol. The standard InChI is InChI=1S/C21H27N9/c1-13(2)28-10-19(22-25-28)16-7-17(20-11-29(14(3)4)26-23-20)9-18(8-16)21-12-30(15(5)6)27-24-21/h7-15H,1-6H3. The third-order valence-electron chi connectivity index (χ3n) is 4.94. The molecule has 0 amide bonds. The van der Waals surface area contributed by atoms with Crippen LogP contribution in [0.4, 0.5) is 0 Å². The average Bonchev–Trinajstić information content (AvgIpc) is 3.48. The van der Waals surface area contributed by atoms with Crippen LogP contribution in [-0.4, -0.2) is 45.0 Å². The molecule has 0 saturated carbocycles. The van der Waals surface area contributed by atoms with E-state index in [0.29, 0.717) is 0 Å². The molecule has 30 heavy (non-hydrogen) atoms. The number of hydrogen-bond acceptors (Lipinski definition) is 6. The van der Waals surface area contributed by atoms with Gasteiger partial charge in [0.2, 0.25) is 0 Å². The Bertz CT molecular complexity index is 991. The maximum atomic E-state index is 4.37. The minimum absolute atomic E-state index is 0.241. The van der Waals surface area contributed by atoms with E-state index in [1.807, 2.05) is 32.6 Å². The zero-order chi connectivity index (χ0) is 21.4. The summed E-state index contributed by atoms with van der Waals surface area (Å²) in [5, 5.41) is 25.9. The molecule has 0 N–H and O–H groups in total. The second-order valence-corrected chi connectivity index (χ2v) is 8.33. The Morgan fingerprint density at radius 3 is 0.967 bits per heavy atom. The van der Waals surface area contributed by atoms with E-state index < -0.39 is 0 Å². The molecule has 3 heterocycles. The highest BCUT2D eigenvalue weighted by molar-refractivity contribution is 5.77. The van der Waals surface area contributed by atoms with Crippen molar-refractivity contribution >= 4 is 0 Å². The van der Waals surface area contributed by atoms with Crippen LogP contribution < -0.4 is 0 Å². The quantitative estimate of drug-likeness (QED) is 0.477. The van der Waals surface area contributed by atoms with Crippen LogP contribution in [0.15, 0.2) is 36.8 Å². The normalized spacial score (nSPS) is 11.9. The average molecular weight is 406 g/mol. The molecule has 0 saturated heterocycles. The van der Waals surface area contributed by atoms with E-state index in [1.54, 1.807) is 0 Å². The number of hydrogen-bond donors (Lipinski definition) is 0. The molecule has 0 aliphatic heterocycles. The first kappa shape index (κ1) is 19.9. The van der Waals surface area contributed by atoms with Crippen LogP contribution in [-0.2, 0) is 0 Å². The Morgan fingerprint density at radius 2 is 0.767 bits per heavy atom. The predicted octanol–water partition coefficient (Wildman–Crippen LogP) is 4.20. The van der Waals surface area contributed by atoms with Gasteiger partial charge in [-0.1, -0.05) is 15.6 Å². The minimum Gasteiger partial charge on any atom is -0.249 e. The fourth-order valence-corrected chi connectivity index (χ4v) is 3.06. The Kier molecular flexibility index (Phi) is 5.19. The molecule has 0 unspecified atom stereocenters. The van der Waals surface area contributed by atoms with E-state index in [9.17, 15) is 0 Å². The first-order valence-corrected chi connectivity index (χ1v) is 10.2. The van der Waals surface area contributed by atoms with E-state index in [2.05, 4.69) is 90.7 Å². The number of aromatic nitrogens is 9. The molecule has 4 aromatic rings. The summed E-state index contributed by atoms with van der Waals surface area (Å²) in [6.07, 6.45) is 5.89. The zero-order valence-corrected chi connectivity index (χ0v) is 18.2. The van der Waals surface area contributed by atoms with Gasteiger partial charge in [-0.25, -0.2) is 14.0 Å². The van der Waals surface area contributed by atoms with Crippen LogP contribution in [0.1, 0.15) is 59.7 Å². The van der Waals surface area contributed by atoms with Gasteiger partial charge in [-0.15, -0.1) is 15.3 Å². The summed E-state index contributed by atoms with van der Waals surface area (Å²) in [4.78, 5) is 0. The molecule has 9 nitrogen and oxygen atoms in total. The predicted molar refractivity (Wildman–Crippen MR) is 115 cm³/mol. The Morgan fingerprint density at radius 1 is 0.500 bits per heavy atom. The molecule has 0 radical (unpaired) electrons. The highest BCUT2D eigenvalue weighted by atomic mass is 15.4. The molecule has 156 valence electrons. The lowest BCUT2D eigenvalue weighted by atomic mass is 10.0. The van der Waals surface area contributed by atoms with Crippen LogP contribution in [0.2, 0.25) is 0 Å². The molecule has 0 spiro atoms. The van der Waals surface area contributed by atoms with Crippen LogP contribution in [0, 0.1) is 0 Å². The summed E-state index contributed by atoms with van der Waals surface area (Å²) in [5.74, 6) is 0. The van der Waals surface area contributed by atoms with Crippen molar-refractivity contribution in [1.29, 1.82) is 0 Å². The van der Waals surface area contributed by atoms with Gasteiger partial charge < -0.3 is 0 Å². The highest BCUT2D eigenvalue weighted by Crippen LogP contribution is 2.31. The fraction of sp³-hybridized carbons (Fsp3) is 0.429. The highest BCUT2D eigenvalue weighted by Gasteiger charge is 2.15. The molecule has 3 aromatic heterocycles. The Hall–Kier alpha value is -3.36. The fourth-order valence-electron chi connectivity index (χ4n) is 3.06. The second-order valence-electron chi connectivity index (χ2n) is 8.33. The summed E-state index contributed by atoms with van der Waals surface area (Å²) in [7, 11) is 0. The lowest BCUT2D eigenvalue weighted by molar-refractivity contribution is 0.514. The minimum atomic E-state index is 0.241. The molecule has 0 bridgehead atoms. The molecule has 0 aliphatic rings. The Balaban J connectivity index is 1.83. The topological polar surface area (TPSA) is 92.1 Å². The molecular weight excluding hydrogens is 378 g/mol. The maximum absolute atomic E-state index is 4.37. The van der Waals surface area contributed by atoms with Crippen molar-refractivity contribution < 1.29 is 0 Å². The van der Waals surface area contributed by atoms with Crippen molar-refractivity contribution in [1.82, 2.24) is 45.0 Å². The SMILES string of the molecule is CC(C)n1cc(-c2cc(-c3cn(C(C)C)nn3)cc(-c3cn(C(C)C)nn3)c2)nn1. The summed E-state index contributed by atoms with van der Waals surface area (Å²) in [6.45, 7) is 12.5. The van der Waals surface area contributed by atoms with Crippen LogP contribution >= 0.6 is 0 Å². The van der Waals surface area contributed by atoms with Gasteiger partial charge in [0, 0.05) is 34.8 Å². The van der Waals surface area contributed by atoms with Crippen molar-refractivity contribution in [2.75, 3.05) is 0 Å². The van der Waals surface area contributed by atoms with Gasteiger partial charge in [-0.05, 0) is 59.7 Å². The van der Waals surface area contributed by atoms with Crippen LogP contribution in [0.25, 0.3) is 33.8 Å². The number of rotatable bonds is 6. The van der Waals surface area contributed by atoms with Crippen LogP contribution in [0.3, 0.4) is 0 Å². The first-order valence-electron chi connectivity index (χ1n) is 10.2. The lowest BCUT2D eigenvalue weighted by Gasteiger charge is -2.06. The van der Waals surface area contributed by atoms with Gasteiger partial charge in [0.1, 0.15) is 17.1 Å². The third-order valence-corrected chi connectivity index (χ3v) is 4.94. The molecule has 0 aliphatic carbocycles. The van der Waals surface area contributed by atoms with E-state index >= 15 is 0 Å². The molecule has 0 atom stereocenters. The zero-order valence-electron chi connectivity index (χ0n) is 18.2. The summed E-state index contributed by atoms with van der Waals surface area (Å²) in [5.41, 5.74) is 5.27. The molecule has 9 heteroatoms. The van der Waals surface area contributed by atoms with Gasteiger partial charge in [-0.3, -0.25) is 0 Å². The van der Waals surface area contributed by atoms with E-state index in [0.717, 1.165) is 33.8 Å². The molecule has 1 aromatic carbocycles. The first-order chi connectivity index (χ1) is 14.3. The lowest BCUT2D eigenvalue weighted by Crippen LogP contribution is -2.00. The molecule has 0 fully saturated rings. The van der Waals surface area contributed by atoms with Gasteiger partial charge >= 0.3 is 0 Å². The van der Waals surface area contributed by atoms with Gasteiger partial charge in [0.05, 0.1) is 18.6 Å². The summed E-state index contributed by atoms with van der Waals surface area (Å²) < 4.78 is 5.56. The van der Waals surface area contributed by atoms with E-state index in [1.165, 1.54) is 0 Å². The maximum Gasteiger partial charge on any atom is 0.113 e. The van der Waals surface area contributed by atoms with Gasteiger partial charge in [-0.2, -0.15) is 0 Å². The molecule has 4 rings (SSSR count). The number of nitrogens with zero attached hydrogens (tertiary/aromatic N) is 9. The van der Waals surface area contributed by atoms with Crippen molar-refractivity contribution in [2.24, 2.45) is 0 Å². The van der Waals surface area contributed by atoms with Crippen molar-refractivity contribution in [2.45, 2.75) is 59.7 Å². The van der Waals surface area contributed by atoms with Gasteiger partial charge in [0.15, 0.2) is 0 Å². The number of benzene rings is 1. The summed E-state index contributed by atoms with van der Waals surface area (Å²) in [6, 6.07) is 6.93. The van der Waals surface area contributed by atoms with E-state index in [-0.39, 0.29) is 18.1 Å². The Labute approximate surface area is 175 Å².